The van der Waals surface area contributed by atoms with Crippen molar-refractivity contribution >= 4 is 11.5 Å². The maximum atomic E-state index is 5.42. The highest BCUT2D eigenvalue weighted by Gasteiger charge is 2.44. The predicted octanol–water partition coefficient (Wildman–Crippen LogP) is 4.58. The molecule has 0 amide bonds. The molecule has 0 aliphatic carbocycles. The Kier molecular flexibility index (Phi) is 5.64. The van der Waals surface area contributed by atoms with Crippen molar-refractivity contribution in [2.45, 2.75) is 50.9 Å². The average molecular weight is 389 g/mol. The quantitative estimate of drug-likeness (QED) is 0.766. The standard InChI is InChI=1S/C25H32N4/c1-5-13-21(14-6-1)23-26-24(27-17-9-3-10-18-27)25(28-19-11-4-12-20-28)29(23)22-15-7-2-8-16-22/h1-2,5-8,13-16,24-25H,3-4,9-12,17-20H2/t24-,25-/m0/s1. The molecule has 3 aliphatic rings. The highest BCUT2D eigenvalue weighted by Crippen LogP contribution is 2.34. The topological polar surface area (TPSA) is 22.1 Å². The molecule has 29 heavy (non-hydrogen) atoms. The molecule has 2 aromatic carbocycles. The normalized spacial score (nSPS) is 26.5. The summed E-state index contributed by atoms with van der Waals surface area (Å²) in [5.41, 5.74) is 2.48. The van der Waals surface area contributed by atoms with Crippen LogP contribution in [0.15, 0.2) is 65.7 Å². The summed E-state index contributed by atoms with van der Waals surface area (Å²) >= 11 is 0. The van der Waals surface area contributed by atoms with E-state index in [1.54, 1.807) is 0 Å². The van der Waals surface area contributed by atoms with Crippen molar-refractivity contribution in [3.05, 3.63) is 66.2 Å². The molecule has 0 aromatic heterocycles. The third-order valence-corrected chi connectivity index (χ3v) is 6.61. The Morgan fingerprint density at radius 2 is 1.17 bits per heavy atom. The van der Waals surface area contributed by atoms with Gasteiger partial charge in [0.1, 0.15) is 18.2 Å². The molecule has 5 rings (SSSR count). The molecule has 0 spiro atoms. The van der Waals surface area contributed by atoms with Gasteiger partial charge in [0.2, 0.25) is 0 Å². The second-order valence-electron chi connectivity index (χ2n) is 8.54. The largest absolute Gasteiger partial charge is 0.306 e. The molecule has 0 N–H and O–H groups in total. The first-order chi connectivity index (χ1) is 14.4. The van der Waals surface area contributed by atoms with Gasteiger partial charge in [0, 0.05) is 37.4 Å². The van der Waals surface area contributed by atoms with Crippen molar-refractivity contribution in [2.75, 3.05) is 31.1 Å². The molecule has 4 nitrogen and oxygen atoms in total. The molecule has 3 aliphatic heterocycles. The zero-order chi connectivity index (χ0) is 19.5. The Morgan fingerprint density at radius 1 is 0.621 bits per heavy atom. The van der Waals surface area contributed by atoms with Crippen LogP contribution >= 0.6 is 0 Å². The van der Waals surface area contributed by atoms with Gasteiger partial charge in [0.25, 0.3) is 0 Å². The van der Waals surface area contributed by atoms with E-state index in [2.05, 4.69) is 75.4 Å². The molecule has 0 bridgehead atoms. The minimum atomic E-state index is 0.212. The first-order valence-electron chi connectivity index (χ1n) is 11.4. The van der Waals surface area contributed by atoms with E-state index in [-0.39, 0.29) is 12.3 Å². The van der Waals surface area contributed by atoms with Crippen LogP contribution in [0.3, 0.4) is 0 Å². The minimum Gasteiger partial charge on any atom is -0.306 e. The lowest BCUT2D eigenvalue weighted by atomic mass is 10.1. The summed E-state index contributed by atoms with van der Waals surface area (Å²) in [6.45, 7) is 4.69. The number of amidine groups is 1. The highest BCUT2D eigenvalue weighted by molar-refractivity contribution is 6.11. The van der Waals surface area contributed by atoms with E-state index in [1.165, 1.54) is 76.0 Å². The van der Waals surface area contributed by atoms with Crippen molar-refractivity contribution in [3.8, 4) is 0 Å². The monoisotopic (exact) mass is 388 g/mol. The number of para-hydroxylation sites is 1. The third-order valence-electron chi connectivity index (χ3n) is 6.61. The lowest BCUT2D eigenvalue weighted by Crippen LogP contribution is -2.58. The van der Waals surface area contributed by atoms with E-state index in [1.807, 2.05) is 0 Å². The molecule has 0 radical (unpaired) electrons. The van der Waals surface area contributed by atoms with Crippen LogP contribution < -0.4 is 4.90 Å². The third kappa shape index (κ3) is 3.84. The highest BCUT2D eigenvalue weighted by atomic mass is 15.5. The Labute approximate surface area is 174 Å². The van der Waals surface area contributed by atoms with Crippen LogP contribution in [0, 0.1) is 0 Å². The maximum absolute atomic E-state index is 5.42. The van der Waals surface area contributed by atoms with Crippen molar-refractivity contribution in [3.63, 3.8) is 0 Å². The lowest BCUT2D eigenvalue weighted by Gasteiger charge is -2.44. The van der Waals surface area contributed by atoms with Gasteiger partial charge in [0.05, 0.1) is 0 Å². The van der Waals surface area contributed by atoms with E-state index in [4.69, 9.17) is 4.99 Å². The van der Waals surface area contributed by atoms with E-state index in [0.29, 0.717) is 0 Å². The Morgan fingerprint density at radius 3 is 1.79 bits per heavy atom. The number of benzene rings is 2. The van der Waals surface area contributed by atoms with Gasteiger partial charge < -0.3 is 4.90 Å². The molecular formula is C25H32N4. The van der Waals surface area contributed by atoms with Crippen LogP contribution in [0.1, 0.15) is 44.1 Å². The number of hydrogen-bond donors (Lipinski definition) is 0. The summed E-state index contributed by atoms with van der Waals surface area (Å²) in [6.07, 6.45) is 8.40. The number of anilines is 1. The van der Waals surface area contributed by atoms with Crippen LogP contribution in [0.25, 0.3) is 0 Å². The van der Waals surface area contributed by atoms with Crippen LogP contribution in [-0.2, 0) is 0 Å². The number of nitrogens with zero attached hydrogens (tertiary/aromatic N) is 4. The lowest BCUT2D eigenvalue weighted by molar-refractivity contribution is 0.0696. The molecule has 3 heterocycles. The molecule has 2 fully saturated rings. The summed E-state index contributed by atoms with van der Waals surface area (Å²) < 4.78 is 0. The summed E-state index contributed by atoms with van der Waals surface area (Å²) in [5.74, 6) is 1.13. The van der Waals surface area contributed by atoms with Gasteiger partial charge in [-0.15, -0.1) is 0 Å². The summed E-state index contributed by atoms with van der Waals surface area (Å²) in [7, 11) is 0. The van der Waals surface area contributed by atoms with Gasteiger partial charge in [-0.3, -0.25) is 9.80 Å². The van der Waals surface area contributed by atoms with E-state index < -0.39 is 0 Å². The Hall–Kier alpha value is -2.17. The van der Waals surface area contributed by atoms with Crippen LogP contribution in [0.5, 0.6) is 0 Å². The molecule has 152 valence electrons. The second-order valence-corrected chi connectivity index (χ2v) is 8.54. The van der Waals surface area contributed by atoms with E-state index in [9.17, 15) is 0 Å². The predicted molar refractivity (Wildman–Crippen MR) is 120 cm³/mol. The molecule has 0 saturated carbocycles. The second kappa shape index (κ2) is 8.68. The van der Waals surface area contributed by atoms with Gasteiger partial charge in [0.15, 0.2) is 0 Å². The number of rotatable bonds is 4. The maximum Gasteiger partial charge on any atom is 0.139 e. The number of likely N-dealkylation sites (tertiary alicyclic amines) is 2. The zero-order valence-corrected chi connectivity index (χ0v) is 17.3. The van der Waals surface area contributed by atoms with Gasteiger partial charge in [-0.1, -0.05) is 61.4 Å². The first-order valence-corrected chi connectivity index (χ1v) is 11.4. The van der Waals surface area contributed by atoms with Crippen molar-refractivity contribution in [1.29, 1.82) is 0 Å². The zero-order valence-electron chi connectivity index (χ0n) is 17.3. The van der Waals surface area contributed by atoms with Gasteiger partial charge in [-0.25, -0.2) is 4.99 Å². The Bertz CT molecular complexity index is 807. The SMILES string of the molecule is c1ccc(C2=N[C@@H](N3CCCCC3)[C@@H](N3CCCCC3)N2c2ccccc2)cc1. The summed E-state index contributed by atoms with van der Waals surface area (Å²) in [5, 5.41) is 0. The van der Waals surface area contributed by atoms with Gasteiger partial charge >= 0.3 is 0 Å². The summed E-state index contributed by atoms with van der Waals surface area (Å²) in [4.78, 5) is 13.3. The first kappa shape index (κ1) is 18.8. The number of hydrogen-bond acceptors (Lipinski definition) is 4. The fraction of sp³-hybridized carbons (Fsp3) is 0.480. The minimum absolute atomic E-state index is 0.212. The molecule has 4 heteroatoms. The number of piperidine rings is 2. The van der Waals surface area contributed by atoms with Crippen LogP contribution in [-0.4, -0.2) is 54.1 Å². The number of aliphatic imine (C=N–C) groups is 1. The van der Waals surface area contributed by atoms with Crippen molar-refractivity contribution in [1.82, 2.24) is 9.80 Å². The molecule has 0 unspecified atom stereocenters. The van der Waals surface area contributed by atoms with Crippen LogP contribution in [0.4, 0.5) is 5.69 Å². The van der Waals surface area contributed by atoms with Gasteiger partial charge in [-0.2, -0.15) is 0 Å². The molecule has 2 atom stereocenters. The van der Waals surface area contributed by atoms with E-state index >= 15 is 0 Å². The molecular weight excluding hydrogens is 356 g/mol. The smallest absolute Gasteiger partial charge is 0.139 e. The van der Waals surface area contributed by atoms with Crippen molar-refractivity contribution in [2.24, 2.45) is 4.99 Å². The Balaban J connectivity index is 1.59. The average Bonchev–Trinajstić information content (AvgIpc) is 3.22. The molecule has 2 aromatic rings. The van der Waals surface area contributed by atoms with E-state index in [0.717, 1.165) is 5.84 Å². The fourth-order valence-electron chi connectivity index (χ4n) is 5.17. The van der Waals surface area contributed by atoms with Crippen LogP contribution in [0.2, 0.25) is 0 Å². The van der Waals surface area contributed by atoms with Gasteiger partial charge in [-0.05, 0) is 37.8 Å². The summed E-state index contributed by atoms with van der Waals surface area (Å²) in [6, 6.07) is 21.7. The fourth-order valence-corrected chi connectivity index (χ4v) is 5.17. The van der Waals surface area contributed by atoms with Crippen molar-refractivity contribution < 1.29 is 0 Å². The molecule has 2 saturated heterocycles.